The third kappa shape index (κ3) is 7.19. The third-order valence-electron chi connectivity index (χ3n) is 7.37. The molecule has 1 amide bonds. The first kappa shape index (κ1) is 30.4. The Morgan fingerprint density at radius 3 is 2.44 bits per heavy atom. The van der Waals surface area contributed by atoms with Gasteiger partial charge in [-0.2, -0.15) is 0 Å². The highest BCUT2D eigenvalue weighted by Gasteiger charge is 2.35. The SMILES string of the molecule is COc1ccc(CN(C)C[C@@H]2Oc3c(NS(=O)(=O)c4ccc(C)cc4)cccc3C(=O)N([C@H](C)CO)C[C@H]2C)cc1. The minimum atomic E-state index is -3.95. The van der Waals surface area contributed by atoms with Crippen LogP contribution in [0.25, 0.3) is 0 Å². The highest BCUT2D eigenvalue weighted by atomic mass is 32.2. The zero-order valence-electron chi connectivity index (χ0n) is 24.2. The molecule has 0 bridgehead atoms. The number of amides is 1. The van der Waals surface area contributed by atoms with E-state index in [0.29, 0.717) is 19.6 Å². The Morgan fingerprint density at radius 1 is 1.12 bits per heavy atom. The predicted octanol–water partition coefficient (Wildman–Crippen LogP) is 4.16. The average Bonchev–Trinajstić information content (AvgIpc) is 2.95. The van der Waals surface area contributed by atoms with E-state index in [9.17, 15) is 18.3 Å². The van der Waals surface area contributed by atoms with E-state index in [-0.39, 0.29) is 46.4 Å². The molecule has 9 nitrogen and oxygen atoms in total. The number of benzene rings is 3. The Morgan fingerprint density at radius 2 is 1.80 bits per heavy atom. The fourth-order valence-corrected chi connectivity index (χ4v) is 5.94. The van der Waals surface area contributed by atoms with Gasteiger partial charge in [0.05, 0.1) is 35.9 Å². The lowest BCUT2D eigenvalue weighted by Gasteiger charge is -2.38. The Balaban J connectivity index is 1.68. The van der Waals surface area contributed by atoms with Gasteiger partial charge in [0.1, 0.15) is 11.9 Å². The number of rotatable bonds is 10. The van der Waals surface area contributed by atoms with Crippen LogP contribution in [0.15, 0.2) is 71.6 Å². The van der Waals surface area contributed by atoms with Gasteiger partial charge in [-0.25, -0.2) is 8.42 Å². The molecule has 1 aliphatic rings. The topological polar surface area (TPSA) is 108 Å². The van der Waals surface area contributed by atoms with Crippen molar-refractivity contribution in [1.29, 1.82) is 0 Å². The van der Waals surface area contributed by atoms with Crippen molar-refractivity contribution in [3.63, 3.8) is 0 Å². The van der Waals surface area contributed by atoms with Crippen molar-refractivity contribution < 1.29 is 27.8 Å². The van der Waals surface area contributed by atoms with E-state index in [0.717, 1.165) is 16.9 Å². The van der Waals surface area contributed by atoms with Crippen LogP contribution >= 0.6 is 0 Å². The molecule has 0 spiro atoms. The number of sulfonamides is 1. The number of aliphatic hydroxyl groups excluding tert-OH is 1. The number of para-hydroxylation sites is 1. The lowest BCUT2D eigenvalue weighted by Crippen LogP contribution is -2.49. The molecule has 0 unspecified atom stereocenters. The highest BCUT2D eigenvalue weighted by Crippen LogP contribution is 2.36. The van der Waals surface area contributed by atoms with Crippen LogP contribution in [0, 0.1) is 12.8 Å². The molecule has 0 aliphatic carbocycles. The van der Waals surface area contributed by atoms with Crippen LogP contribution in [-0.2, 0) is 16.6 Å². The number of nitrogens with one attached hydrogen (secondary N) is 1. The summed E-state index contributed by atoms with van der Waals surface area (Å²) in [5.74, 6) is 0.516. The molecule has 3 aromatic carbocycles. The number of nitrogens with zero attached hydrogens (tertiary/aromatic N) is 2. The maximum Gasteiger partial charge on any atom is 0.262 e. The number of carbonyl (C=O) groups excluding carboxylic acids is 1. The van der Waals surface area contributed by atoms with Crippen molar-refractivity contribution in [3.8, 4) is 11.5 Å². The summed E-state index contributed by atoms with van der Waals surface area (Å²) >= 11 is 0. The molecule has 0 fully saturated rings. The molecule has 10 heteroatoms. The number of methoxy groups -OCH3 is 1. The van der Waals surface area contributed by atoms with E-state index in [2.05, 4.69) is 9.62 Å². The summed E-state index contributed by atoms with van der Waals surface area (Å²) in [4.78, 5) is 17.6. The second-order valence-electron chi connectivity index (χ2n) is 10.8. The first-order chi connectivity index (χ1) is 19.5. The smallest absolute Gasteiger partial charge is 0.262 e. The standard InChI is InChI=1S/C31H39N3O6S/c1-21-9-15-26(16-10-21)41(37,38)32-28-8-6-7-27-30(28)40-29(22(2)17-34(31(27)36)23(3)20-35)19-33(4)18-24-11-13-25(39-5)14-12-24/h6-16,22-23,29,32,35H,17-20H2,1-5H3/t22-,23-,29+/m1/s1. The number of hydrogen-bond acceptors (Lipinski definition) is 7. The maximum absolute atomic E-state index is 13.7. The fourth-order valence-electron chi connectivity index (χ4n) is 4.88. The summed E-state index contributed by atoms with van der Waals surface area (Å²) in [6, 6.07) is 18.8. The van der Waals surface area contributed by atoms with Gasteiger partial charge in [0, 0.05) is 25.6 Å². The lowest BCUT2D eigenvalue weighted by atomic mass is 9.99. The Kier molecular flexibility index (Phi) is 9.57. The second kappa shape index (κ2) is 12.9. The van der Waals surface area contributed by atoms with E-state index in [4.69, 9.17) is 9.47 Å². The van der Waals surface area contributed by atoms with Gasteiger partial charge in [-0.05, 0) is 62.9 Å². The summed E-state index contributed by atoms with van der Waals surface area (Å²) in [5, 5.41) is 9.93. The lowest BCUT2D eigenvalue weighted by molar-refractivity contribution is 0.0344. The number of hydrogen-bond donors (Lipinski definition) is 2. The highest BCUT2D eigenvalue weighted by molar-refractivity contribution is 7.92. The monoisotopic (exact) mass is 581 g/mol. The van der Waals surface area contributed by atoms with Crippen molar-refractivity contribution in [3.05, 3.63) is 83.4 Å². The number of likely N-dealkylation sites (N-methyl/N-ethyl adjacent to an activating group) is 1. The minimum Gasteiger partial charge on any atom is -0.497 e. The van der Waals surface area contributed by atoms with Crippen molar-refractivity contribution in [1.82, 2.24) is 9.80 Å². The Hall–Kier alpha value is -3.60. The molecule has 0 saturated heterocycles. The summed E-state index contributed by atoms with van der Waals surface area (Å²) in [7, 11) is -0.329. The Labute approximate surface area is 242 Å². The van der Waals surface area contributed by atoms with Crippen LogP contribution in [0.3, 0.4) is 0 Å². The van der Waals surface area contributed by atoms with E-state index in [1.54, 1.807) is 61.4 Å². The molecule has 220 valence electrons. The molecule has 0 saturated carbocycles. The average molecular weight is 582 g/mol. The molecule has 1 aliphatic heterocycles. The van der Waals surface area contributed by atoms with Gasteiger partial charge >= 0.3 is 0 Å². The number of aryl methyl sites for hydroxylation is 1. The minimum absolute atomic E-state index is 0.109. The zero-order valence-corrected chi connectivity index (χ0v) is 25.0. The molecule has 2 N–H and O–H groups in total. The zero-order chi connectivity index (χ0) is 29.7. The van der Waals surface area contributed by atoms with Crippen LogP contribution in [0.4, 0.5) is 5.69 Å². The van der Waals surface area contributed by atoms with Crippen molar-refractivity contribution in [2.45, 2.75) is 44.4 Å². The van der Waals surface area contributed by atoms with Crippen LogP contribution in [0.2, 0.25) is 0 Å². The summed E-state index contributed by atoms with van der Waals surface area (Å²) < 4.78 is 41.1. The molecule has 3 atom stereocenters. The van der Waals surface area contributed by atoms with Gasteiger partial charge in [0.2, 0.25) is 0 Å². The summed E-state index contributed by atoms with van der Waals surface area (Å²) in [5.41, 5.74) is 2.47. The van der Waals surface area contributed by atoms with Crippen LogP contribution in [0.1, 0.15) is 35.3 Å². The van der Waals surface area contributed by atoms with Crippen LogP contribution < -0.4 is 14.2 Å². The van der Waals surface area contributed by atoms with Gasteiger partial charge in [-0.15, -0.1) is 0 Å². The van der Waals surface area contributed by atoms with Gasteiger partial charge in [-0.3, -0.25) is 14.4 Å². The van der Waals surface area contributed by atoms with Crippen LogP contribution in [0.5, 0.6) is 11.5 Å². The number of fused-ring (bicyclic) bond motifs is 1. The van der Waals surface area contributed by atoms with E-state index in [1.165, 1.54) is 0 Å². The summed E-state index contributed by atoms with van der Waals surface area (Å²) in [6.45, 7) is 7.02. The second-order valence-corrected chi connectivity index (χ2v) is 12.5. The van der Waals surface area contributed by atoms with Gasteiger partial charge in [-0.1, -0.05) is 42.8 Å². The molecule has 4 rings (SSSR count). The quantitative estimate of drug-likeness (QED) is 0.370. The molecular weight excluding hydrogens is 542 g/mol. The van der Waals surface area contributed by atoms with Crippen molar-refractivity contribution in [2.75, 3.05) is 38.6 Å². The van der Waals surface area contributed by atoms with Gasteiger partial charge in [0.15, 0.2) is 5.75 Å². The molecule has 41 heavy (non-hydrogen) atoms. The van der Waals surface area contributed by atoms with E-state index < -0.39 is 16.1 Å². The summed E-state index contributed by atoms with van der Waals surface area (Å²) in [6.07, 6.45) is -0.386. The van der Waals surface area contributed by atoms with E-state index >= 15 is 0 Å². The molecule has 1 heterocycles. The number of anilines is 1. The van der Waals surface area contributed by atoms with Crippen molar-refractivity contribution >= 4 is 21.6 Å². The number of carbonyl (C=O) groups is 1. The maximum atomic E-state index is 13.7. The predicted molar refractivity (Wildman–Crippen MR) is 159 cm³/mol. The van der Waals surface area contributed by atoms with Crippen molar-refractivity contribution in [2.24, 2.45) is 5.92 Å². The molecule has 0 radical (unpaired) electrons. The normalized spacial score (nSPS) is 18.2. The Bertz CT molecular complexity index is 1440. The first-order valence-electron chi connectivity index (χ1n) is 13.6. The molecule has 0 aromatic heterocycles. The first-order valence-corrected chi connectivity index (χ1v) is 15.1. The fraction of sp³-hybridized carbons (Fsp3) is 0.387. The number of aliphatic hydroxyl groups is 1. The third-order valence-corrected chi connectivity index (χ3v) is 8.75. The van der Waals surface area contributed by atoms with Crippen LogP contribution in [-0.4, -0.2) is 75.2 Å². The largest absolute Gasteiger partial charge is 0.497 e. The van der Waals surface area contributed by atoms with Gasteiger partial charge < -0.3 is 19.5 Å². The van der Waals surface area contributed by atoms with Gasteiger partial charge in [0.25, 0.3) is 15.9 Å². The number of ether oxygens (including phenoxy) is 2. The molecular formula is C31H39N3O6S. The van der Waals surface area contributed by atoms with E-state index in [1.807, 2.05) is 45.2 Å². The molecule has 3 aromatic rings.